The van der Waals surface area contributed by atoms with Crippen molar-refractivity contribution in [2.45, 2.75) is 84.0 Å². The number of anilines is 1. The Bertz CT molecular complexity index is 607. The number of benzene rings is 1. The van der Waals surface area contributed by atoms with Crippen LogP contribution in [0, 0.1) is 13.8 Å². The SMILES string of the molecule is Cc1ccc(NC2CC3CCC(C2)N3C(=O)OC(C)(C)C)cc1C. The summed E-state index contributed by atoms with van der Waals surface area (Å²) < 4.78 is 5.61. The zero-order valence-corrected chi connectivity index (χ0v) is 15.6. The lowest BCUT2D eigenvalue weighted by Crippen LogP contribution is -2.51. The summed E-state index contributed by atoms with van der Waals surface area (Å²) in [6.07, 6.45) is 4.05. The van der Waals surface area contributed by atoms with E-state index in [0.717, 1.165) is 25.7 Å². The van der Waals surface area contributed by atoms with Gasteiger partial charge in [-0.25, -0.2) is 4.79 Å². The predicted molar refractivity (Wildman–Crippen MR) is 97.4 cm³/mol. The van der Waals surface area contributed by atoms with E-state index in [-0.39, 0.29) is 6.09 Å². The van der Waals surface area contributed by atoms with Crippen molar-refractivity contribution in [3.8, 4) is 0 Å². The fourth-order valence-corrected chi connectivity index (χ4v) is 3.97. The highest BCUT2D eigenvalue weighted by atomic mass is 16.6. The molecule has 4 nitrogen and oxygen atoms in total. The van der Waals surface area contributed by atoms with Crippen LogP contribution in [0.2, 0.25) is 0 Å². The summed E-state index contributed by atoms with van der Waals surface area (Å²) in [5.41, 5.74) is 3.40. The molecule has 2 saturated heterocycles. The Balaban J connectivity index is 1.64. The van der Waals surface area contributed by atoms with Gasteiger partial charge in [-0.2, -0.15) is 0 Å². The molecular weight excluding hydrogens is 300 g/mol. The van der Waals surface area contributed by atoms with E-state index >= 15 is 0 Å². The minimum Gasteiger partial charge on any atom is -0.444 e. The number of fused-ring (bicyclic) bond motifs is 2. The Morgan fingerprint density at radius 2 is 1.75 bits per heavy atom. The number of nitrogens with one attached hydrogen (secondary N) is 1. The fraction of sp³-hybridized carbons (Fsp3) is 0.650. The van der Waals surface area contributed by atoms with E-state index in [4.69, 9.17) is 4.74 Å². The minimum absolute atomic E-state index is 0.139. The van der Waals surface area contributed by atoms with Crippen LogP contribution in [0.3, 0.4) is 0 Å². The third-order valence-corrected chi connectivity index (χ3v) is 5.22. The molecule has 3 rings (SSSR count). The Kier molecular flexibility index (Phi) is 4.50. The molecule has 24 heavy (non-hydrogen) atoms. The van der Waals surface area contributed by atoms with E-state index in [9.17, 15) is 4.79 Å². The highest BCUT2D eigenvalue weighted by molar-refractivity contribution is 5.69. The van der Waals surface area contributed by atoms with E-state index in [1.807, 2.05) is 25.7 Å². The van der Waals surface area contributed by atoms with Gasteiger partial charge in [0, 0.05) is 23.8 Å². The number of piperidine rings is 1. The van der Waals surface area contributed by atoms with Gasteiger partial charge in [0.1, 0.15) is 5.60 Å². The molecule has 1 amide bonds. The molecule has 132 valence electrons. The predicted octanol–water partition coefficient (Wildman–Crippen LogP) is 4.65. The molecule has 2 bridgehead atoms. The molecule has 1 N–H and O–H groups in total. The average molecular weight is 330 g/mol. The maximum atomic E-state index is 12.5. The van der Waals surface area contributed by atoms with E-state index in [1.165, 1.54) is 16.8 Å². The van der Waals surface area contributed by atoms with E-state index in [0.29, 0.717) is 18.1 Å². The number of carbonyl (C=O) groups excluding carboxylic acids is 1. The molecule has 2 fully saturated rings. The van der Waals surface area contributed by atoms with Crippen molar-refractivity contribution in [3.63, 3.8) is 0 Å². The standard InChI is InChI=1S/C20H30N2O2/c1-13-6-7-15(10-14(13)2)21-16-11-17-8-9-18(12-16)22(17)19(23)24-20(3,4)5/h6-7,10,16-18,21H,8-9,11-12H2,1-5H3. The van der Waals surface area contributed by atoms with Crippen LogP contribution in [-0.2, 0) is 4.74 Å². The van der Waals surface area contributed by atoms with Crippen molar-refractivity contribution < 1.29 is 9.53 Å². The van der Waals surface area contributed by atoms with Crippen molar-refractivity contribution in [2.75, 3.05) is 5.32 Å². The van der Waals surface area contributed by atoms with Gasteiger partial charge in [-0.3, -0.25) is 0 Å². The van der Waals surface area contributed by atoms with Gasteiger partial charge in [-0.1, -0.05) is 6.07 Å². The molecule has 2 unspecified atom stereocenters. The maximum absolute atomic E-state index is 12.5. The van der Waals surface area contributed by atoms with Crippen LogP contribution in [0.4, 0.5) is 10.5 Å². The van der Waals surface area contributed by atoms with Gasteiger partial charge in [0.25, 0.3) is 0 Å². The minimum atomic E-state index is -0.426. The van der Waals surface area contributed by atoms with Gasteiger partial charge in [0.05, 0.1) is 0 Å². The molecule has 0 saturated carbocycles. The van der Waals surface area contributed by atoms with Crippen LogP contribution in [0.25, 0.3) is 0 Å². The molecule has 0 aromatic heterocycles. The molecule has 1 aromatic rings. The van der Waals surface area contributed by atoms with Gasteiger partial charge >= 0.3 is 6.09 Å². The summed E-state index contributed by atoms with van der Waals surface area (Å²) in [7, 11) is 0. The number of carbonyl (C=O) groups is 1. The van der Waals surface area contributed by atoms with Crippen molar-refractivity contribution in [3.05, 3.63) is 29.3 Å². The van der Waals surface area contributed by atoms with E-state index in [2.05, 4.69) is 37.4 Å². The molecule has 0 radical (unpaired) electrons. The molecule has 0 spiro atoms. The third kappa shape index (κ3) is 3.68. The number of amides is 1. The highest BCUT2D eigenvalue weighted by Gasteiger charge is 2.44. The van der Waals surface area contributed by atoms with Crippen LogP contribution >= 0.6 is 0 Å². The number of nitrogens with zero attached hydrogens (tertiary/aromatic N) is 1. The highest BCUT2D eigenvalue weighted by Crippen LogP contribution is 2.37. The van der Waals surface area contributed by atoms with Crippen molar-refractivity contribution >= 4 is 11.8 Å². The first-order valence-electron chi connectivity index (χ1n) is 9.08. The molecule has 2 atom stereocenters. The first-order chi connectivity index (χ1) is 11.2. The Morgan fingerprint density at radius 3 is 2.29 bits per heavy atom. The van der Waals surface area contributed by atoms with Crippen LogP contribution < -0.4 is 5.32 Å². The van der Waals surface area contributed by atoms with Gasteiger partial charge in [0.15, 0.2) is 0 Å². The van der Waals surface area contributed by atoms with E-state index in [1.54, 1.807) is 0 Å². The summed E-state index contributed by atoms with van der Waals surface area (Å²) in [5, 5.41) is 3.68. The van der Waals surface area contributed by atoms with Gasteiger partial charge in [-0.05, 0) is 83.6 Å². The second-order valence-electron chi connectivity index (χ2n) is 8.38. The Hall–Kier alpha value is -1.71. The average Bonchev–Trinajstić information content (AvgIpc) is 2.73. The van der Waals surface area contributed by atoms with Crippen molar-refractivity contribution in [2.24, 2.45) is 0 Å². The second kappa shape index (κ2) is 6.30. The summed E-state index contributed by atoms with van der Waals surface area (Å²) >= 11 is 0. The summed E-state index contributed by atoms with van der Waals surface area (Å²) in [4.78, 5) is 14.5. The fourth-order valence-electron chi connectivity index (χ4n) is 3.97. The lowest BCUT2D eigenvalue weighted by Gasteiger charge is -2.40. The number of hydrogen-bond acceptors (Lipinski definition) is 3. The molecule has 4 heteroatoms. The summed E-state index contributed by atoms with van der Waals surface area (Å²) in [6, 6.07) is 7.60. The molecular formula is C20H30N2O2. The van der Waals surface area contributed by atoms with Crippen LogP contribution in [0.5, 0.6) is 0 Å². The normalized spacial score (nSPS) is 26.4. The zero-order chi connectivity index (χ0) is 17.5. The Morgan fingerprint density at radius 1 is 1.12 bits per heavy atom. The van der Waals surface area contributed by atoms with Crippen LogP contribution in [0.15, 0.2) is 18.2 Å². The molecule has 2 aliphatic rings. The first kappa shape index (κ1) is 17.1. The van der Waals surface area contributed by atoms with Crippen molar-refractivity contribution in [1.82, 2.24) is 4.90 Å². The summed E-state index contributed by atoms with van der Waals surface area (Å²) in [5.74, 6) is 0. The first-order valence-corrected chi connectivity index (χ1v) is 9.08. The maximum Gasteiger partial charge on any atom is 0.410 e. The van der Waals surface area contributed by atoms with E-state index < -0.39 is 5.60 Å². The summed E-state index contributed by atoms with van der Waals surface area (Å²) in [6.45, 7) is 10.1. The molecule has 2 aliphatic heterocycles. The monoisotopic (exact) mass is 330 g/mol. The quantitative estimate of drug-likeness (QED) is 0.858. The number of aryl methyl sites for hydroxylation is 2. The van der Waals surface area contributed by atoms with Crippen LogP contribution in [-0.4, -0.2) is 34.7 Å². The molecule has 1 aromatic carbocycles. The zero-order valence-electron chi connectivity index (χ0n) is 15.6. The number of ether oxygens (including phenoxy) is 1. The van der Waals surface area contributed by atoms with Crippen LogP contribution in [0.1, 0.15) is 57.6 Å². The topological polar surface area (TPSA) is 41.6 Å². The lowest BCUT2D eigenvalue weighted by atomic mass is 9.97. The number of hydrogen-bond donors (Lipinski definition) is 1. The van der Waals surface area contributed by atoms with Gasteiger partial charge in [0.2, 0.25) is 0 Å². The second-order valence-corrected chi connectivity index (χ2v) is 8.38. The smallest absolute Gasteiger partial charge is 0.410 e. The Labute approximate surface area is 145 Å². The van der Waals surface area contributed by atoms with Crippen molar-refractivity contribution in [1.29, 1.82) is 0 Å². The third-order valence-electron chi connectivity index (χ3n) is 5.22. The van der Waals surface area contributed by atoms with Gasteiger partial charge in [-0.15, -0.1) is 0 Å². The largest absolute Gasteiger partial charge is 0.444 e. The molecule has 2 heterocycles. The lowest BCUT2D eigenvalue weighted by molar-refractivity contribution is 0.00684. The number of rotatable bonds is 2. The molecule has 0 aliphatic carbocycles. The van der Waals surface area contributed by atoms with Gasteiger partial charge < -0.3 is 15.0 Å².